The zero-order valence-electron chi connectivity index (χ0n) is 33.1. The first-order chi connectivity index (χ1) is 29.3. The van der Waals surface area contributed by atoms with Gasteiger partial charge in [-0.05, 0) is 56.0 Å². The molecule has 0 aliphatic carbocycles. The van der Waals surface area contributed by atoms with Crippen molar-refractivity contribution in [1.82, 2.24) is 8.61 Å². The molecule has 0 saturated heterocycles. The van der Waals surface area contributed by atoms with Gasteiger partial charge in [0.1, 0.15) is 6.61 Å². The first-order valence-electron chi connectivity index (χ1n) is 17.9. The highest BCUT2D eigenvalue weighted by Crippen LogP contribution is 2.64. The summed E-state index contributed by atoms with van der Waals surface area (Å²) in [7, 11) is -9.86. The number of halogens is 17. The molecule has 0 atom stereocenters. The van der Waals surface area contributed by atoms with E-state index in [0.717, 1.165) is 53.0 Å². The maximum atomic E-state index is 14.9. The van der Waals surface area contributed by atoms with Gasteiger partial charge in [0.05, 0.1) is 16.1 Å². The Kier molecular flexibility index (Phi) is 17.6. The minimum absolute atomic E-state index is 0.207. The predicted molar refractivity (Wildman–Crippen MR) is 195 cm³/mol. The largest absolute Gasteiger partial charge is 0.497 e. The van der Waals surface area contributed by atoms with Crippen LogP contribution in [0.3, 0.4) is 0 Å². The number of para-hydroxylation sites is 1. The predicted octanol–water partition coefficient (Wildman–Crippen LogP) is 10.4. The van der Waals surface area contributed by atoms with Gasteiger partial charge >= 0.3 is 47.6 Å². The number of hydrogen-bond donors (Lipinski definition) is 0. The molecule has 0 N–H and O–H groups in total. The summed E-state index contributed by atoms with van der Waals surface area (Å²) in [5, 5.41) is 11.5. The van der Waals surface area contributed by atoms with Gasteiger partial charge < -0.3 is 4.74 Å². The standard InChI is InChI=1S/C36H36F17N3O7S2/c1-4-5-6-9-18-54(65(61,62)28-12-8-7-11-27(28)56(57)58)19-10-21-63-23-25(3)22-55(64(59,60)26-15-13-24(2)14-16-26)20-17-29(37,38)30(39,40)31(41,42)32(43,44)33(45,46)34(47,48)35(49,50)36(51,52)53/h4,7-8,10-16,21H,1,3,5-6,9,17-20,22-23H2,2H3/b21-10-. The number of ether oxygens (including phenoxy) is 1. The van der Waals surface area contributed by atoms with E-state index in [1.54, 1.807) is 0 Å². The number of allylic oxidation sites excluding steroid dienone is 1. The summed E-state index contributed by atoms with van der Waals surface area (Å²) >= 11 is 0. The van der Waals surface area contributed by atoms with E-state index in [-0.39, 0.29) is 17.3 Å². The van der Waals surface area contributed by atoms with Crippen molar-refractivity contribution in [3.05, 3.63) is 101 Å². The molecule has 0 aliphatic heterocycles. The molecule has 0 radical (unpaired) electrons. The molecular formula is C36H36F17N3O7S2. The molecule has 0 bridgehead atoms. The molecule has 2 aromatic rings. The van der Waals surface area contributed by atoms with Gasteiger partial charge in [0.15, 0.2) is 4.90 Å². The summed E-state index contributed by atoms with van der Waals surface area (Å²) in [6, 6.07) is 8.09. The van der Waals surface area contributed by atoms with E-state index in [1.807, 2.05) is 0 Å². The molecule has 2 rings (SSSR count). The fraction of sp³-hybridized carbons (Fsp3) is 0.500. The van der Waals surface area contributed by atoms with Gasteiger partial charge in [0.25, 0.3) is 5.69 Å². The van der Waals surface area contributed by atoms with Crippen LogP contribution in [0.15, 0.2) is 95.5 Å². The number of sulfonamides is 2. The van der Waals surface area contributed by atoms with E-state index in [1.165, 1.54) is 25.1 Å². The van der Waals surface area contributed by atoms with Gasteiger partial charge in [-0.15, -0.1) is 6.58 Å². The summed E-state index contributed by atoms with van der Waals surface area (Å²) in [4.78, 5) is 9.04. The Bertz CT molecular complexity index is 2260. The first kappa shape index (κ1) is 56.6. The van der Waals surface area contributed by atoms with Gasteiger partial charge in [0.2, 0.25) is 20.0 Å². The summed E-state index contributed by atoms with van der Waals surface area (Å²) in [5.74, 6) is -58.2. The second kappa shape index (κ2) is 20.2. The van der Waals surface area contributed by atoms with Crippen molar-refractivity contribution in [2.75, 3.05) is 32.8 Å². The Morgan fingerprint density at radius 2 is 1.22 bits per heavy atom. The third-order valence-electron chi connectivity index (χ3n) is 9.06. The lowest BCUT2D eigenvalue weighted by Gasteiger charge is -2.43. The van der Waals surface area contributed by atoms with Crippen molar-refractivity contribution in [3.8, 4) is 0 Å². The Morgan fingerprint density at radius 1 is 0.708 bits per heavy atom. The topological polar surface area (TPSA) is 127 Å². The van der Waals surface area contributed by atoms with Crippen LogP contribution in [0.4, 0.5) is 80.3 Å². The van der Waals surface area contributed by atoms with Crippen LogP contribution in [0, 0.1) is 17.0 Å². The molecule has 0 aromatic heterocycles. The highest BCUT2D eigenvalue weighted by molar-refractivity contribution is 7.89. The zero-order valence-corrected chi connectivity index (χ0v) is 34.7. The van der Waals surface area contributed by atoms with Crippen molar-refractivity contribution in [2.24, 2.45) is 0 Å². The third-order valence-corrected chi connectivity index (χ3v) is 12.8. The molecule has 10 nitrogen and oxygen atoms in total. The number of nitro benzene ring substituents is 1. The Morgan fingerprint density at radius 3 is 1.72 bits per heavy atom. The summed E-state index contributed by atoms with van der Waals surface area (Å²) in [5.41, 5.74) is -0.940. The van der Waals surface area contributed by atoms with E-state index in [2.05, 4.69) is 13.2 Å². The Labute approximate surface area is 359 Å². The Hall–Kier alpha value is -4.51. The van der Waals surface area contributed by atoms with Gasteiger partial charge in [0, 0.05) is 38.7 Å². The second-order valence-corrected chi connectivity index (χ2v) is 17.7. The number of benzene rings is 2. The monoisotopic (exact) mass is 1010 g/mol. The normalized spacial score (nSPS) is 14.3. The molecule has 0 spiro atoms. The molecule has 0 saturated carbocycles. The van der Waals surface area contributed by atoms with Crippen LogP contribution in [-0.4, -0.2) is 111 Å². The van der Waals surface area contributed by atoms with Crippen molar-refractivity contribution in [3.63, 3.8) is 0 Å². The summed E-state index contributed by atoms with van der Waals surface area (Å²) in [6.07, 6.45) is -6.56. The maximum absolute atomic E-state index is 14.9. The third kappa shape index (κ3) is 11.4. The number of aryl methyl sites for hydroxylation is 1. The SMILES string of the molecule is C=CCCCCN(C/C=C\OCC(=C)CN(CCC(F)(F)C(F)(F)C(F)(F)C(F)(F)C(F)(F)C(F)(F)C(F)(F)C(F)(F)F)S(=O)(=O)c1ccc(C)cc1)S(=O)(=O)c1ccccc1[N+](=O)[O-]. The fourth-order valence-electron chi connectivity index (χ4n) is 5.30. The molecule has 65 heavy (non-hydrogen) atoms. The quantitative estimate of drug-likeness (QED) is 0.0229. The van der Waals surface area contributed by atoms with Crippen LogP contribution in [-0.2, 0) is 24.8 Å². The highest BCUT2D eigenvalue weighted by Gasteiger charge is 2.95. The average molecular weight is 1010 g/mol. The molecule has 29 heteroatoms. The minimum atomic E-state index is -8.84. The van der Waals surface area contributed by atoms with Gasteiger partial charge in [-0.3, -0.25) is 10.1 Å². The average Bonchev–Trinajstić information content (AvgIpc) is 3.19. The van der Waals surface area contributed by atoms with Crippen LogP contribution < -0.4 is 0 Å². The fourth-order valence-corrected chi connectivity index (χ4v) is 8.35. The van der Waals surface area contributed by atoms with E-state index in [9.17, 15) is 102 Å². The van der Waals surface area contributed by atoms with Gasteiger partial charge in [-0.2, -0.15) is 83.2 Å². The molecule has 2 aromatic carbocycles. The van der Waals surface area contributed by atoms with Crippen LogP contribution in [0.1, 0.15) is 31.2 Å². The van der Waals surface area contributed by atoms with E-state index >= 15 is 0 Å². The number of alkyl halides is 17. The number of hydrogen-bond acceptors (Lipinski definition) is 7. The van der Waals surface area contributed by atoms with E-state index in [4.69, 9.17) is 4.74 Å². The zero-order chi connectivity index (χ0) is 50.5. The maximum Gasteiger partial charge on any atom is 0.460 e. The lowest BCUT2D eigenvalue weighted by molar-refractivity contribution is -0.461. The molecule has 0 heterocycles. The first-order valence-corrected chi connectivity index (χ1v) is 20.8. The molecule has 0 amide bonds. The number of nitro groups is 1. The lowest BCUT2D eigenvalue weighted by atomic mass is 9.88. The highest BCUT2D eigenvalue weighted by atomic mass is 32.2. The smallest absolute Gasteiger partial charge is 0.460 e. The van der Waals surface area contributed by atoms with E-state index in [0.29, 0.717) is 18.4 Å². The van der Waals surface area contributed by atoms with Crippen LogP contribution in [0.25, 0.3) is 0 Å². The molecule has 0 aliphatic rings. The van der Waals surface area contributed by atoms with Crippen molar-refractivity contribution < 1.29 is 101 Å². The van der Waals surface area contributed by atoms with Crippen LogP contribution in [0.5, 0.6) is 0 Å². The van der Waals surface area contributed by atoms with Crippen LogP contribution >= 0.6 is 0 Å². The van der Waals surface area contributed by atoms with Crippen molar-refractivity contribution in [2.45, 2.75) is 90.0 Å². The molecule has 0 fully saturated rings. The van der Waals surface area contributed by atoms with Gasteiger partial charge in [-0.1, -0.05) is 42.5 Å². The van der Waals surface area contributed by atoms with Gasteiger partial charge in [-0.25, -0.2) is 16.8 Å². The van der Waals surface area contributed by atoms with Crippen LogP contribution in [0.2, 0.25) is 0 Å². The number of nitrogens with zero attached hydrogens (tertiary/aromatic N) is 3. The van der Waals surface area contributed by atoms with Crippen molar-refractivity contribution >= 4 is 25.7 Å². The molecule has 368 valence electrons. The minimum Gasteiger partial charge on any atom is -0.497 e. The summed E-state index contributed by atoms with van der Waals surface area (Å²) < 4.78 is 295. The summed E-state index contributed by atoms with van der Waals surface area (Å²) in [6.45, 7) is 3.22. The molecular weight excluding hydrogens is 974 g/mol. The number of unbranched alkanes of at least 4 members (excludes halogenated alkanes) is 2. The second-order valence-electron chi connectivity index (χ2n) is 13.9. The van der Waals surface area contributed by atoms with Crippen molar-refractivity contribution in [1.29, 1.82) is 0 Å². The van der Waals surface area contributed by atoms with E-state index < -0.39 is 126 Å². The number of rotatable bonds is 26. The lowest BCUT2D eigenvalue weighted by Crippen LogP contribution is -2.74. The molecule has 0 unspecified atom stereocenters. The Balaban J connectivity index is 2.43.